The van der Waals surface area contributed by atoms with Gasteiger partial charge in [-0.15, -0.1) is 0 Å². The molecule has 0 aromatic rings. The maximum Gasteiger partial charge on any atom is 0.318 e. The maximum absolute atomic E-state index is 9.54. The normalized spacial score (nSPS) is 11.6. The molecule has 0 fully saturated rings. The number of carboxylic acid groups (broad SMARTS) is 1. The molecule has 0 aromatic heterocycles. The van der Waals surface area contributed by atoms with Crippen molar-refractivity contribution in [1.82, 2.24) is 0 Å². The van der Waals surface area contributed by atoms with E-state index in [0.717, 1.165) is 0 Å². The molecule has 2 N–H and O–H groups in total. The molecule has 0 radical (unpaired) electrons. The Morgan fingerprint density at radius 2 is 2.00 bits per heavy atom. The molecule has 0 amide bonds. The molecule has 0 saturated carbocycles. The van der Waals surface area contributed by atoms with Crippen LogP contribution in [-0.2, 0) is 35.4 Å². The quantitative estimate of drug-likeness (QED) is 0.445. The summed E-state index contributed by atoms with van der Waals surface area (Å²) in [5.41, 5.74) is 0. The topological polar surface area (TPSA) is 74.6 Å². The van der Waals surface area contributed by atoms with E-state index in [4.69, 9.17) is 9.66 Å². The van der Waals surface area contributed by atoms with Crippen molar-refractivity contribution >= 4 is 17.0 Å². The molecular weight excluding hydrogens is 185 g/mol. The molecule has 44 valence electrons. The average molecular weight is 190 g/mol. The predicted molar refractivity (Wildman–Crippen MR) is 23.3 cm³/mol. The summed E-state index contributed by atoms with van der Waals surface area (Å²) in [7, 11) is 0. The summed E-state index contributed by atoms with van der Waals surface area (Å²) < 4.78 is 17.4. The van der Waals surface area contributed by atoms with Crippen molar-refractivity contribution in [2.75, 3.05) is 5.75 Å². The Morgan fingerprint density at radius 1 is 1.62 bits per heavy atom. The number of carboxylic acids is 1. The number of aliphatic carboxylic acids is 1. The fraction of sp³-hybridized carbons (Fsp3) is 0.500. The van der Waals surface area contributed by atoms with E-state index in [9.17, 15) is 9.00 Å². The van der Waals surface area contributed by atoms with Crippen LogP contribution in [0, 0.1) is 0 Å². The molecule has 8 heavy (non-hydrogen) atoms. The number of hydrogen-bond donors (Lipinski definition) is 2. The standard InChI is InChI=1S/C2H4O4S.Zn/c3-2(4)1-7(5)6;/h1H2,(H,3,4)(H,5,6);. The first-order chi connectivity index (χ1) is 3.13. The molecule has 0 heterocycles. The van der Waals surface area contributed by atoms with Gasteiger partial charge in [-0.3, -0.25) is 4.79 Å². The van der Waals surface area contributed by atoms with Crippen LogP contribution in [0.3, 0.4) is 0 Å². The van der Waals surface area contributed by atoms with Crippen molar-refractivity contribution in [1.29, 1.82) is 0 Å². The van der Waals surface area contributed by atoms with Gasteiger partial charge in [0, 0.05) is 19.5 Å². The fourth-order valence-electron chi connectivity index (χ4n) is 0.106. The van der Waals surface area contributed by atoms with Gasteiger partial charge in [0.15, 0.2) is 11.1 Å². The second-order valence-electron chi connectivity index (χ2n) is 0.860. The van der Waals surface area contributed by atoms with Crippen LogP contribution >= 0.6 is 0 Å². The van der Waals surface area contributed by atoms with Gasteiger partial charge < -0.3 is 9.66 Å². The van der Waals surface area contributed by atoms with E-state index in [1.807, 2.05) is 0 Å². The molecule has 0 rings (SSSR count). The molecule has 0 saturated heterocycles. The Labute approximate surface area is 61.3 Å². The SMILES string of the molecule is O=C(O)CS(=O)O.[Zn]. The van der Waals surface area contributed by atoms with E-state index in [-0.39, 0.29) is 19.5 Å². The number of hydrogen-bond acceptors (Lipinski definition) is 2. The van der Waals surface area contributed by atoms with Gasteiger partial charge in [0.05, 0.1) is 0 Å². The molecule has 0 aliphatic heterocycles. The third-order valence-electron chi connectivity index (χ3n) is 0.247. The molecule has 0 bridgehead atoms. The summed E-state index contributed by atoms with van der Waals surface area (Å²) in [4.78, 5) is 9.46. The van der Waals surface area contributed by atoms with Crippen LogP contribution in [0.1, 0.15) is 0 Å². The second-order valence-corrected chi connectivity index (χ2v) is 1.79. The molecular formula is C2H4O4SZn. The molecule has 0 spiro atoms. The summed E-state index contributed by atoms with van der Waals surface area (Å²) in [6, 6.07) is 0. The van der Waals surface area contributed by atoms with Crippen LogP contribution < -0.4 is 0 Å². The van der Waals surface area contributed by atoms with E-state index >= 15 is 0 Å². The Balaban J connectivity index is 0. The van der Waals surface area contributed by atoms with Gasteiger partial charge in [-0.05, 0) is 0 Å². The molecule has 1 unspecified atom stereocenters. The smallest absolute Gasteiger partial charge is 0.318 e. The van der Waals surface area contributed by atoms with Crippen LogP contribution in [0.25, 0.3) is 0 Å². The minimum Gasteiger partial charge on any atom is -0.480 e. The van der Waals surface area contributed by atoms with Crippen molar-refractivity contribution in [3.63, 3.8) is 0 Å². The zero-order chi connectivity index (χ0) is 5.86. The third kappa shape index (κ3) is 9.51. The zero-order valence-corrected chi connectivity index (χ0v) is 7.82. The Kier molecular flexibility index (Phi) is 7.39. The summed E-state index contributed by atoms with van der Waals surface area (Å²) in [5.74, 6) is -1.96. The van der Waals surface area contributed by atoms with E-state index < -0.39 is 22.8 Å². The van der Waals surface area contributed by atoms with Gasteiger partial charge in [-0.1, -0.05) is 0 Å². The van der Waals surface area contributed by atoms with Crippen LogP contribution in [0.15, 0.2) is 0 Å². The number of rotatable bonds is 2. The maximum atomic E-state index is 9.54. The van der Waals surface area contributed by atoms with E-state index in [1.54, 1.807) is 0 Å². The van der Waals surface area contributed by atoms with Crippen molar-refractivity contribution in [3.05, 3.63) is 0 Å². The predicted octanol–water partition coefficient (Wildman–Crippen LogP) is -0.710. The Hall–Kier alpha value is 0.203. The van der Waals surface area contributed by atoms with E-state index in [2.05, 4.69) is 0 Å². The fourth-order valence-corrected chi connectivity index (χ4v) is 0.317. The Bertz CT molecular complexity index is 90.2. The molecule has 6 heteroatoms. The summed E-state index contributed by atoms with van der Waals surface area (Å²) in [6.07, 6.45) is 0. The summed E-state index contributed by atoms with van der Waals surface area (Å²) in [6.45, 7) is 0. The van der Waals surface area contributed by atoms with Gasteiger partial charge in [0.1, 0.15) is 5.75 Å². The molecule has 0 aliphatic rings. The minimum absolute atomic E-state index is 0. The van der Waals surface area contributed by atoms with E-state index in [0.29, 0.717) is 0 Å². The largest absolute Gasteiger partial charge is 0.480 e. The van der Waals surface area contributed by atoms with Crippen LogP contribution in [0.4, 0.5) is 0 Å². The second kappa shape index (κ2) is 5.34. The molecule has 4 nitrogen and oxygen atoms in total. The van der Waals surface area contributed by atoms with Crippen molar-refractivity contribution in [3.8, 4) is 0 Å². The molecule has 1 atom stereocenters. The first kappa shape index (κ1) is 11.1. The van der Waals surface area contributed by atoms with Gasteiger partial charge in [-0.25, -0.2) is 4.21 Å². The third-order valence-corrected chi connectivity index (χ3v) is 0.741. The van der Waals surface area contributed by atoms with Crippen LogP contribution in [-0.4, -0.2) is 25.6 Å². The average Bonchev–Trinajstić information content (AvgIpc) is 1.27. The monoisotopic (exact) mass is 188 g/mol. The van der Waals surface area contributed by atoms with Crippen molar-refractivity contribution in [2.45, 2.75) is 0 Å². The summed E-state index contributed by atoms with van der Waals surface area (Å²) >= 11 is -2.20. The number of carbonyl (C=O) groups is 1. The molecule has 0 aromatic carbocycles. The van der Waals surface area contributed by atoms with Crippen LogP contribution in [0.2, 0.25) is 0 Å². The molecule has 0 aliphatic carbocycles. The summed E-state index contributed by atoms with van der Waals surface area (Å²) in [5, 5.41) is 7.73. The van der Waals surface area contributed by atoms with Gasteiger partial charge in [-0.2, -0.15) is 0 Å². The van der Waals surface area contributed by atoms with Gasteiger partial charge in [0.2, 0.25) is 0 Å². The minimum atomic E-state index is -2.20. The van der Waals surface area contributed by atoms with Gasteiger partial charge >= 0.3 is 5.97 Å². The zero-order valence-electron chi connectivity index (χ0n) is 4.03. The Morgan fingerprint density at radius 3 is 2.00 bits per heavy atom. The first-order valence-electron chi connectivity index (χ1n) is 1.42. The first-order valence-corrected chi connectivity index (χ1v) is 2.70. The van der Waals surface area contributed by atoms with Crippen molar-refractivity contribution in [2.24, 2.45) is 0 Å². The van der Waals surface area contributed by atoms with E-state index in [1.165, 1.54) is 0 Å². The van der Waals surface area contributed by atoms with Crippen molar-refractivity contribution < 1.29 is 38.1 Å². The van der Waals surface area contributed by atoms with Crippen LogP contribution in [0.5, 0.6) is 0 Å². The van der Waals surface area contributed by atoms with Gasteiger partial charge in [0.25, 0.3) is 0 Å².